The minimum atomic E-state index is -4.43. The number of halogens is 4. The molecule has 9 heteroatoms. The molecule has 1 aromatic heterocycles. The molecule has 0 aliphatic carbocycles. The van der Waals surface area contributed by atoms with Crippen molar-refractivity contribution in [2.24, 2.45) is 0 Å². The zero-order valence-electron chi connectivity index (χ0n) is 18.7. The van der Waals surface area contributed by atoms with Gasteiger partial charge in [0.25, 0.3) is 0 Å². The van der Waals surface area contributed by atoms with E-state index in [0.717, 1.165) is 12.1 Å². The summed E-state index contributed by atoms with van der Waals surface area (Å²) in [4.78, 5) is 20.7. The van der Waals surface area contributed by atoms with Crippen LogP contribution in [0.4, 0.5) is 23.4 Å². The molecule has 4 aromatic rings. The summed E-state index contributed by atoms with van der Waals surface area (Å²) in [6, 6.07) is 16.0. The van der Waals surface area contributed by atoms with E-state index in [0.29, 0.717) is 39.2 Å². The fraction of sp³-hybridized carbons (Fsp3) is 0.192. The lowest BCUT2D eigenvalue weighted by molar-refractivity contribution is -0.142. The van der Waals surface area contributed by atoms with Gasteiger partial charge in [-0.25, -0.2) is 14.4 Å². The van der Waals surface area contributed by atoms with Gasteiger partial charge in [-0.2, -0.15) is 13.2 Å². The van der Waals surface area contributed by atoms with Crippen LogP contribution in [0.25, 0.3) is 33.4 Å². The van der Waals surface area contributed by atoms with Crippen molar-refractivity contribution >= 4 is 22.7 Å². The van der Waals surface area contributed by atoms with Crippen molar-refractivity contribution in [3.8, 4) is 22.5 Å². The van der Waals surface area contributed by atoms with Gasteiger partial charge in [0, 0.05) is 17.5 Å². The Labute approximate surface area is 198 Å². The molecule has 1 N–H and O–H groups in total. The minimum Gasteiger partial charge on any atom is -0.466 e. The number of carbonyl (C=O) groups excluding carboxylic acids is 1. The Bertz CT molecular complexity index is 1360. The zero-order valence-corrected chi connectivity index (χ0v) is 18.7. The largest absolute Gasteiger partial charge is 0.466 e. The molecule has 5 nitrogen and oxygen atoms in total. The summed E-state index contributed by atoms with van der Waals surface area (Å²) in [5, 5.41) is 3.50. The molecule has 35 heavy (non-hydrogen) atoms. The van der Waals surface area contributed by atoms with Crippen molar-refractivity contribution in [3.05, 3.63) is 78.1 Å². The van der Waals surface area contributed by atoms with Gasteiger partial charge in [0.1, 0.15) is 11.6 Å². The van der Waals surface area contributed by atoms with Crippen molar-refractivity contribution in [3.63, 3.8) is 0 Å². The first kappa shape index (κ1) is 24.1. The number of nitrogens with one attached hydrogen (secondary N) is 1. The van der Waals surface area contributed by atoms with Crippen molar-refractivity contribution < 1.29 is 27.1 Å². The molecule has 0 aliphatic rings. The van der Waals surface area contributed by atoms with Crippen LogP contribution in [0.15, 0.2) is 66.7 Å². The van der Waals surface area contributed by atoms with E-state index in [-0.39, 0.29) is 25.5 Å². The SMILES string of the molecule is CCOC(=O)CCNc1nc(-c2ccc(-c3cccc(C(F)(F)F)c3)cc2)nc2ccc(F)cc12. The molecule has 0 bridgehead atoms. The molecule has 0 atom stereocenters. The third-order valence-corrected chi connectivity index (χ3v) is 5.25. The Morgan fingerprint density at radius 2 is 1.69 bits per heavy atom. The van der Waals surface area contributed by atoms with Gasteiger partial charge >= 0.3 is 12.1 Å². The number of benzene rings is 3. The highest BCUT2D eigenvalue weighted by Crippen LogP contribution is 2.33. The van der Waals surface area contributed by atoms with Crippen LogP contribution >= 0.6 is 0 Å². The molecule has 0 radical (unpaired) electrons. The Morgan fingerprint density at radius 3 is 2.40 bits per heavy atom. The van der Waals surface area contributed by atoms with Crippen LogP contribution in [0.3, 0.4) is 0 Å². The molecule has 1 heterocycles. The number of hydrogen-bond donors (Lipinski definition) is 1. The molecule has 0 spiro atoms. The zero-order chi connectivity index (χ0) is 25.0. The quantitative estimate of drug-likeness (QED) is 0.241. The summed E-state index contributed by atoms with van der Waals surface area (Å²) < 4.78 is 58.0. The molecule has 3 aromatic carbocycles. The number of ether oxygens (including phenoxy) is 1. The van der Waals surface area contributed by atoms with Crippen LogP contribution in [0.5, 0.6) is 0 Å². The van der Waals surface area contributed by atoms with Gasteiger partial charge in [-0.15, -0.1) is 0 Å². The van der Waals surface area contributed by atoms with Crippen LogP contribution in [0.1, 0.15) is 18.9 Å². The van der Waals surface area contributed by atoms with E-state index in [1.807, 2.05) is 0 Å². The predicted molar refractivity (Wildman–Crippen MR) is 125 cm³/mol. The molecule has 180 valence electrons. The monoisotopic (exact) mass is 483 g/mol. The highest BCUT2D eigenvalue weighted by Gasteiger charge is 2.30. The van der Waals surface area contributed by atoms with E-state index in [1.165, 1.54) is 24.3 Å². The number of carbonyl (C=O) groups is 1. The molecule has 0 amide bonds. The van der Waals surface area contributed by atoms with Gasteiger partial charge in [-0.05, 0) is 48.4 Å². The first-order chi connectivity index (χ1) is 16.7. The number of hydrogen-bond acceptors (Lipinski definition) is 5. The summed E-state index contributed by atoms with van der Waals surface area (Å²) in [7, 11) is 0. The molecule has 4 rings (SSSR count). The normalized spacial score (nSPS) is 11.5. The summed E-state index contributed by atoms with van der Waals surface area (Å²) >= 11 is 0. The second-order valence-electron chi connectivity index (χ2n) is 7.70. The van der Waals surface area contributed by atoms with E-state index in [2.05, 4.69) is 15.3 Å². The van der Waals surface area contributed by atoms with Gasteiger partial charge in [0.05, 0.1) is 24.1 Å². The number of esters is 1. The van der Waals surface area contributed by atoms with Crippen molar-refractivity contribution in [2.75, 3.05) is 18.5 Å². The summed E-state index contributed by atoms with van der Waals surface area (Å²) in [5.41, 5.74) is 1.44. The molecule has 0 aliphatic heterocycles. The smallest absolute Gasteiger partial charge is 0.416 e. The molecule has 0 saturated carbocycles. The first-order valence-electron chi connectivity index (χ1n) is 10.9. The Balaban J connectivity index is 1.64. The number of aromatic nitrogens is 2. The van der Waals surface area contributed by atoms with E-state index in [9.17, 15) is 22.4 Å². The Hall–Kier alpha value is -4.01. The molecule has 0 saturated heterocycles. The summed E-state index contributed by atoms with van der Waals surface area (Å²) in [6.07, 6.45) is -4.32. The van der Waals surface area contributed by atoms with Crippen molar-refractivity contribution in [1.82, 2.24) is 9.97 Å². The maximum absolute atomic E-state index is 13.9. The molecular formula is C26H21F4N3O2. The fourth-order valence-electron chi connectivity index (χ4n) is 3.57. The van der Waals surface area contributed by atoms with E-state index < -0.39 is 17.6 Å². The number of fused-ring (bicyclic) bond motifs is 1. The second-order valence-corrected chi connectivity index (χ2v) is 7.70. The van der Waals surface area contributed by atoms with Gasteiger partial charge < -0.3 is 10.1 Å². The van der Waals surface area contributed by atoms with Crippen LogP contribution < -0.4 is 5.32 Å². The highest BCUT2D eigenvalue weighted by atomic mass is 19.4. The van der Waals surface area contributed by atoms with Gasteiger partial charge in [0.15, 0.2) is 5.82 Å². The lowest BCUT2D eigenvalue weighted by atomic mass is 10.0. The standard InChI is InChI=1S/C26H21F4N3O2/c1-2-35-23(34)12-13-31-25-21-15-20(27)10-11-22(21)32-24(33-25)17-8-6-16(7-9-17)18-4-3-5-19(14-18)26(28,29)30/h3-11,14-15H,2,12-13H2,1H3,(H,31,32,33). The average molecular weight is 483 g/mol. The van der Waals surface area contributed by atoms with Crippen LogP contribution in [0, 0.1) is 5.82 Å². The molecule has 0 unspecified atom stereocenters. The third kappa shape index (κ3) is 5.74. The van der Waals surface area contributed by atoms with Gasteiger partial charge in [-0.1, -0.05) is 36.4 Å². The highest BCUT2D eigenvalue weighted by molar-refractivity contribution is 5.91. The average Bonchev–Trinajstić information content (AvgIpc) is 2.84. The first-order valence-corrected chi connectivity index (χ1v) is 10.9. The summed E-state index contributed by atoms with van der Waals surface area (Å²) in [6.45, 7) is 2.23. The number of anilines is 1. The number of alkyl halides is 3. The lowest BCUT2D eigenvalue weighted by Crippen LogP contribution is -2.12. The van der Waals surface area contributed by atoms with E-state index in [4.69, 9.17) is 4.74 Å². The van der Waals surface area contributed by atoms with E-state index in [1.54, 1.807) is 37.3 Å². The maximum Gasteiger partial charge on any atom is 0.416 e. The van der Waals surface area contributed by atoms with Gasteiger partial charge in [-0.3, -0.25) is 4.79 Å². The van der Waals surface area contributed by atoms with Crippen LogP contribution in [-0.4, -0.2) is 29.1 Å². The Morgan fingerprint density at radius 1 is 0.943 bits per heavy atom. The second kappa shape index (κ2) is 10.1. The van der Waals surface area contributed by atoms with Crippen molar-refractivity contribution in [2.45, 2.75) is 19.5 Å². The lowest BCUT2D eigenvalue weighted by Gasteiger charge is -2.12. The Kier molecular flexibility index (Phi) is 6.95. The van der Waals surface area contributed by atoms with E-state index >= 15 is 0 Å². The fourth-order valence-corrected chi connectivity index (χ4v) is 3.57. The topological polar surface area (TPSA) is 64.1 Å². The molecular weight excluding hydrogens is 462 g/mol. The minimum absolute atomic E-state index is 0.107. The number of rotatable bonds is 7. The van der Waals surface area contributed by atoms with Crippen LogP contribution in [0.2, 0.25) is 0 Å². The van der Waals surface area contributed by atoms with Gasteiger partial charge in [0.2, 0.25) is 0 Å². The predicted octanol–water partition coefficient (Wildman–Crippen LogP) is 6.49. The maximum atomic E-state index is 13.9. The summed E-state index contributed by atoms with van der Waals surface area (Å²) in [5.74, 6) is -0.114. The molecule has 0 fully saturated rings. The third-order valence-electron chi connectivity index (χ3n) is 5.25. The van der Waals surface area contributed by atoms with Crippen molar-refractivity contribution in [1.29, 1.82) is 0 Å². The number of nitrogens with zero attached hydrogens (tertiary/aromatic N) is 2. The van der Waals surface area contributed by atoms with Crippen LogP contribution in [-0.2, 0) is 15.7 Å².